The minimum atomic E-state index is -0.777. The molecule has 0 aliphatic carbocycles. The monoisotopic (exact) mass is 604 g/mol. The van der Waals surface area contributed by atoms with Crippen LogP contribution in [0.15, 0.2) is 51.2 Å². The Morgan fingerprint density at radius 1 is 1.13 bits per heavy atom. The number of aromatic hydroxyl groups is 1. The van der Waals surface area contributed by atoms with Crippen LogP contribution in [0.4, 0.5) is 4.79 Å². The molecule has 4 N–H and O–H groups in total. The quantitative estimate of drug-likeness (QED) is 0.173. The number of carbonyl (C=O) groups excluding carboxylic acids is 3. The first-order valence-electron chi connectivity index (χ1n) is 11.9. The Labute approximate surface area is 233 Å². The molecule has 0 radical (unpaired) electrons. The Morgan fingerprint density at radius 2 is 1.90 bits per heavy atom. The Bertz CT molecular complexity index is 1310. The topological polar surface area (TPSA) is 157 Å². The predicted molar refractivity (Wildman–Crippen MR) is 145 cm³/mol. The number of ether oxygens (including phenoxy) is 4. The molecule has 0 saturated carbocycles. The van der Waals surface area contributed by atoms with Crippen molar-refractivity contribution in [2.24, 2.45) is 5.10 Å². The lowest BCUT2D eigenvalue weighted by molar-refractivity contribution is -0.139. The van der Waals surface area contributed by atoms with E-state index in [0.29, 0.717) is 27.9 Å². The lowest BCUT2D eigenvalue weighted by atomic mass is 9.95. The molecule has 2 aromatic carbocycles. The number of urea groups is 1. The highest BCUT2D eigenvalue weighted by molar-refractivity contribution is 9.10. The smallest absolute Gasteiger partial charge is 0.338 e. The number of carbonyl (C=O) groups is 3. The number of phenolic OH excluding ortho intramolecular Hbond substituents is 1. The van der Waals surface area contributed by atoms with Gasteiger partial charge in [0.15, 0.2) is 29.6 Å². The second kappa shape index (κ2) is 13.5. The fourth-order valence-electron chi connectivity index (χ4n) is 3.68. The maximum Gasteiger partial charge on any atom is 0.338 e. The normalized spacial score (nSPS) is 14.9. The second-order valence-corrected chi connectivity index (χ2v) is 8.91. The molecule has 0 bridgehead atoms. The van der Waals surface area contributed by atoms with Crippen molar-refractivity contribution in [3.8, 4) is 23.0 Å². The number of nitrogens with zero attached hydrogens (tertiary/aromatic N) is 1. The number of amides is 3. The zero-order chi connectivity index (χ0) is 28.5. The zero-order valence-corrected chi connectivity index (χ0v) is 23.4. The zero-order valence-electron chi connectivity index (χ0n) is 21.8. The first-order chi connectivity index (χ1) is 18.7. The third kappa shape index (κ3) is 7.41. The van der Waals surface area contributed by atoms with Crippen LogP contribution in [-0.2, 0) is 14.3 Å². The number of nitrogens with one attached hydrogen (secondary N) is 3. The fraction of sp³-hybridized carbons (Fsp3) is 0.308. The molecule has 0 saturated heterocycles. The van der Waals surface area contributed by atoms with Gasteiger partial charge < -0.3 is 34.7 Å². The average molecular weight is 605 g/mol. The van der Waals surface area contributed by atoms with Gasteiger partial charge in [0.25, 0.3) is 5.91 Å². The highest BCUT2D eigenvalue weighted by Gasteiger charge is 2.32. The van der Waals surface area contributed by atoms with Gasteiger partial charge in [0.1, 0.15) is 0 Å². The molecule has 3 amide bonds. The van der Waals surface area contributed by atoms with Gasteiger partial charge in [0.05, 0.1) is 38.2 Å². The Hall–Kier alpha value is -4.26. The molecule has 3 rings (SSSR count). The summed E-state index contributed by atoms with van der Waals surface area (Å²) in [4.78, 5) is 37.0. The van der Waals surface area contributed by atoms with E-state index in [1.807, 2.05) is 0 Å². The minimum absolute atomic E-state index is 0.0240. The molecule has 2 aromatic rings. The van der Waals surface area contributed by atoms with Gasteiger partial charge in [-0.2, -0.15) is 5.10 Å². The fourth-order valence-corrected chi connectivity index (χ4v) is 4.12. The summed E-state index contributed by atoms with van der Waals surface area (Å²) in [7, 11) is 1.43. The van der Waals surface area contributed by atoms with Gasteiger partial charge in [-0.15, -0.1) is 0 Å². The molecule has 1 aliphatic rings. The Balaban J connectivity index is 1.68. The number of phenols is 1. The Kier molecular flexibility index (Phi) is 10.1. The van der Waals surface area contributed by atoms with E-state index in [0.717, 1.165) is 0 Å². The summed E-state index contributed by atoms with van der Waals surface area (Å²) in [5.74, 6) is -0.278. The van der Waals surface area contributed by atoms with Crippen molar-refractivity contribution < 1.29 is 38.4 Å². The molecule has 1 heterocycles. The molecular weight excluding hydrogens is 576 g/mol. The van der Waals surface area contributed by atoms with Crippen molar-refractivity contribution >= 4 is 40.1 Å². The SMILES string of the molecule is CCOC(=O)C1=C(C)NC(=O)N[C@H]1c1ccc(OCC(=O)N/N=C\c2cc(OCC)c(O)cc2Br)c(OC)c1. The molecule has 13 heteroatoms. The van der Waals surface area contributed by atoms with Crippen LogP contribution < -0.4 is 30.3 Å². The van der Waals surface area contributed by atoms with Crippen LogP contribution in [-0.4, -0.2) is 56.2 Å². The second-order valence-electron chi connectivity index (χ2n) is 8.06. The molecule has 1 atom stereocenters. The van der Waals surface area contributed by atoms with Gasteiger partial charge in [-0.25, -0.2) is 15.0 Å². The number of hydrazone groups is 1. The number of hydrogen-bond donors (Lipinski definition) is 4. The van der Waals surface area contributed by atoms with Gasteiger partial charge >= 0.3 is 12.0 Å². The maximum absolute atomic E-state index is 12.6. The molecule has 0 unspecified atom stereocenters. The number of methoxy groups -OCH3 is 1. The van der Waals surface area contributed by atoms with Crippen LogP contribution in [0.5, 0.6) is 23.0 Å². The summed E-state index contributed by atoms with van der Waals surface area (Å²) in [5, 5.41) is 19.1. The number of esters is 1. The molecule has 1 aliphatic heterocycles. The summed E-state index contributed by atoms with van der Waals surface area (Å²) < 4.78 is 22.1. The van der Waals surface area contributed by atoms with Gasteiger partial charge in [0.2, 0.25) is 0 Å². The largest absolute Gasteiger partial charge is 0.504 e. The van der Waals surface area contributed by atoms with E-state index in [4.69, 9.17) is 18.9 Å². The molecular formula is C26H29BrN4O8. The van der Waals surface area contributed by atoms with Crippen molar-refractivity contribution in [3.05, 3.63) is 57.2 Å². The lowest BCUT2D eigenvalue weighted by Crippen LogP contribution is -2.45. The van der Waals surface area contributed by atoms with Crippen LogP contribution in [0.3, 0.4) is 0 Å². The summed E-state index contributed by atoms with van der Waals surface area (Å²) in [6.07, 6.45) is 1.39. The van der Waals surface area contributed by atoms with E-state index in [1.165, 1.54) is 19.4 Å². The first kappa shape index (κ1) is 29.3. The maximum atomic E-state index is 12.6. The van der Waals surface area contributed by atoms with Gasteiger partial charge in [-0.3, -0.25) is 4.79 Å². The summed E-state index contributed by atoms with van der Waals surface area (Å²) in [6.45, 7) is 5.29. The van der Waals surface area contributed by atoms with Crippen molar-refractivity contribution in [1.82, 2.24) is 16.1 Å². The number of rotatable bonds is 11. The first-order valence-corrected chi connectivity index (χ1v) is 12.7. The predicted octanol–water partition coefficient (Wildman–Crippen LogP) is 3.28. The summed E-state index contributed by atoms with van der Waals surface area (Å²) in [5.41, 5.74) is 4.13. The van der Waals surface area contributed by atoms with Gasteiger partial charge in [-0.05, 0) is 66.5 Å². The van der Waals surface area contributed by atoms with E-state index in [9.17, 15) is 19.5 Å². The van der Waals surface area contributed by atoms with Crippen LogP contribution >= 0.6 is 15.9 Å². The molecule has 0 spiro atoms. The number of benzene rings is 2. The van der Waals surface area contributed by atoms with Crippen LogP contribution in [0.25, 0.3) is 0 Å². The van der Waals surface area contributed by atoms with Crippen LogP contribution in [0.1, 0.15) is 37.9 Å². The van der Waals surface area contributed by atoms with Gasteiger partial charge in [0, 0.05) is 15.7 Å². The Morgan fingerprint density at radius 3 is 2.59 bits per heavy atom. The van der Waals surface area contributed by atoms with E-state index < -0.39 is 23.9 Å². The summed E-state index contributed by atoms with van der Waals surface area (Å²) in [6, 6.07) is 6.63. The molecule has 208 valence electrons. The van der Waals surface area contributed by atoms with E-state index in [1.54, 1.807) is 45.0 Å². The highest BCUT2D eigenvalue weighted by atomic mass is 79.9. The third-order valence-electron chi connectivity index (χ3n) is 5.42. The molecule has 0 fully saturated rings. The number of halogens is 1. The number of hydrogen-bond acceptors (Lipinski definition) is 9. The van der Waals surface area contributed by atoms with Crippen molar-refractivity contribution in [1.29, 1.82) is 0 Å². The lowest BCUT2D eigenvalue weighted by Gasteiger charge is -2.28. The highest BCUT2D eigenvalue weighted by Crippen LogP contribution is 2.35. The van der Waals surface area contributed by atoms with Crippen molar-refractivity contribution in [2.75, 3.05) is 26.9 Å². The third-order valence-corrected chi connectivity index (χ3v) is 6.10. The van der Waals surface area contributed by atoms with E-state index in [2.05, 4.69) is 37.1 Å². The van der Waals surface area contributed by atoms with E-state index >= 15 is 0 Å². The van der Waals surface area contributed by atoms with Crippen LogP contribution in [0.2, 0.25) is 0 Å². The van der Waals surface area contributed by atoms with Crippen molar-refractivity contribution in [3.63, 3.8) is 0 Å². The molecule has 12 nitrogen and oxygen atoms in total. The number of allylic oxidation sites excluding steroid dienone is 1. The standard InChI is InChI=1S/C26H29BrN4O8/c1-5-37-20-10-16(17(27)11-18(20)32)12-28-31-22(33)13-39-19-8-7-15(9-21(19)36-4)24-23(25(34)38-6-2)14(3)29-26(35)30-24/h7-12,24,32H,5-6,13H2,1-4H3,(H,31,33)(H2,29,30,35)/b28-12-/t24-/m0/s1. The van der Waals surface area contributed by atoms with Gasteiger partial charge in [-0.1, -0.05) is 6.07 Å². The minimum Gasteiger partial charge on any atom is -0.504 e. The average Bonchev–Trinajstić information content (AvgIpc) is 2.89. The molecule has 0 aromatic heterocycles. The summed E-state index contributed by atoms with van der Waals surface area (Å²) >= 11 is 3.32. The van der Waals surface area contributed by atoms with E-state index in [-0.39, 0.29) is 41.8 Å². The van der Waals surface area contributed by atoms with Crippen molar-refractivity contribution in [2.45, 2.75) is 26.8 Å². The molecule has 39 heavy (non-hydrogen) atoms. The van der Waals surface area contributed by atoms with Crippen LogP contribution in [0, 0.1) is 0 Å².